The molecule has 2 atom stereocenters. The van der Waals surface area contributed by atoms with Gasteiger partial charge in [0.1, 0.15) is 0 Å². The molecular weight excluding hydrogens is 284 g/mol. The number of nitrogens with zero attached hydrogens (tertiary/aromatic N) is 1. The molecule has 21 heavy (non-hydrogen) atoms. The second-order valence-corrected chi connectivity index (χ2v) is 5.90. The van der Waals surface area contributed by atoms with Crippen molar-refractivity contribution in [2.24, 2.45) is 5.92 Å². The molecule has 1 fully saturated rings. The first-order valence-corrected chi connectivity index (χ1v) is 7.34. The van der Waals surface area contributed by atoms with Crippen LogP contribution in [0.2, 0.25) is 5.02 Å². The Morgan fingerprint density at radius 1 is 1.14 bits per heavy atom. The van der Waals surface area contributed by atoms with Crippen LogP contribution in [0.25, 0.3) is 11.0 Å². The van der Waals surface area contributed by atoms with Crippen LogP contribution in [0.4, 0.5) is 0 Å². The number of carbonyl (C=O) groups excluding carboxylic acids is 1. The third-order valence-corrected chi connectivity index (χ3v) is 4.30. The largest absolute Gasteiger partial charge is 0.335 e. The second-order valence-electron chi connectivity index (χ2n) is 5.47. The van der Waals surface area contributed by atoms with Crippen LogP contribution in [0, 0.1) is 5.92 Å². The molecule has 0 saturated heterocycles. The van der Waals surface area contributed by atoms with Gasteiger partial charge in [-0.2, -0.15) is 0 Å². The summed E-state index contributed by atoms with van der Waals surface area (Å²) in [7, 11) is 0. The smallest absolute Gasteiger partial charge is 0.201 e. The summed E-state index contributed by atoms with van der Waals surface area (Å²) < 4.78 is 0. The van der Waals surface area contributed by atoms with Gasteiger partial charge < -0.3 is 4.98 Å². The molecule has 0 spiro atoms. The maximum absolute atomic E-state index is 12.5. The van der Waals surface area contributed by atoms with Crippen molar-refractivity contribution in [1.82, 2.24) is 9.97 Å². The van der Waals surface area contributed by atoms with Crippen LogP contribution in [-0.4, -0.2) is 15.8 Å². The number of Topliss-reactive ketones (excluding diaryl/α,β-unsaturated/α-hetero) is 1. The number of carbonyl (C=O) groups is 1. The number of para-hydroxylation sites is 2. The molecule has 1 heterocycles. The van der Waals surface area contributed by atoms with Crippen molar-refractivity contribution in [3.05, 3.63) is 64.9 Å². The van der Waals surface area contributed by atoms with Gasteiger partial charge >= 0.3 is 0 Å². The molecule has 4 heteroatoms. The van der Waals surface area contributed by atoms with Crippen LogP contribution in [0.3, 0.4) is 0 Å². The molecule has 1 saturated carbocycles. The van der Waals surface area contributed by atoms with Gasteiger partial charge in [0, 0.05) is 10.9 Å². The maximum atomic E-state index is 12.5. The van der Waals surface area contributed by atoms with E-state index >= 15 is 0 Å². The maximum Gasteiger partial charge on any atom is 0.201 e. The van der Waals surface area contributed by atoms with E-state index in [0.717, 1.165) is 22.5 Å². The highest BCUT2D eigenvalue weighted by Crippen LogP contribution is 2.49. The lowest BCUT2D eigenvalue weighted by Crippen LogP contribution is -2.05. The highest BCUT2D eigenvalue weighted by Gasteiger charge is 2.45. The molecule has 0 aliphatic heterocycles. The Hall–Kier alpha value is -2.13. The molecule has 1 aromatic heterocycles. The van der Waals surface area contributed by atoms with Gasteiger partial charge in [-0.25, -0.2) is 4.98 Å². The number of H-pyrrole nitrogens is 1. The number of fused-ring (bicyclic) bond motifs is 1. The molecular formula is C17H13ClN2O. The van der Waals surface area contributed by atoms with Gasteiger partial charge in [0.25, 0.3) is 0 Å². The number of rotatable bonds is 3. The third kappa shape index (κ3) is 2.24. The Bertz CT molecular complexity index is 789. The summed E-state index contributed by atoms with van der Waals surface area (Å²) in [4.78, 5) is 20.0. The molecule has 1 aliphatic carbocycles. The van der Waals surface area contributed by atoms with E-state index in [1.165, 1.54) is 5.56 Å². The van der Waals surface area contributed by atoms with Crippen LogP contribution < -0.4 is 0 Å². The predicted octanol–water partition coefficient (Wildman–Crippen LogP) is 4.20. The minimum Gasteiger partial charge on any atom is -0.335 e. The Balaban J connectivity index is 1.57. The lowest BCUT2D eigenvalue weighted by Gasteiger charge is -1.99. The van der Waals surface area contributed by atoms with E-state index < -0.39 is 0 Å². The van der Waals surface area contributed by atoms with Crippen LogP contribution in [0.1, 0.15) is 28.5 Å². The molecule has 2 aromatic carbocycles. The highest BCUT2D eigenvalue weighted by molar-refractivity contribution is 6.30. The van der Waals surface area contributed by atoms with E-state index in [-0.39, 0.29) is 11.7 Å². The predicted molar refractivity (Wildman–Crippen MR) is 82.7 cm³/mol. The Morgan fingerprint density at radius 3 is 2.67 bits per heavy atom. The third-order valence-electron chi connectivity index (χ3n) is 4.05. The van der Waals surface area contributed by atoms with Crippen molar-refractivity contribution in [3.8, 4) is 0 Å². The van der Waals surface area contributed by atoms with Crippen molar-refractivity contribution in [1.29, 1.82) is 0 Å². The number of imidazole rings is 1. The summed E-state index contributed by atoms with van der Waals surface area (Å²) in [6.07, 6.45) is 0.886. The lowest BCUT2D eigenvalue weighted by atomic mass is 10.1. The number of halogens is 1. The van der Waals surface area contributed by atoms with Crippen molar-refractivity contribution in [3.63, 3.8) is 0 Å². The fourth-order valence-corrected chi connectivity index (χ4v) is 2.93. The summed E-state index contributed by atoms with van der Waals surface area (Å²) in [5.74, 6) is 0.901. The fourth-order valence-electron chi connectivity index (χ4n) is 2.81. The summed E-state index contributed by atoms with van der Waals surface area (Å²) in [6, 6.07) is 15.4. The SMILES string of the molecule is O=C(c1nc2ccccc2[nH]1)C1CC1c1ccc(Cl)cc1. The minimum absolute atomic E-state index is 0.0340. The lowest BCUT2D eigenvalue weighted by molar-refractivity contribution is 0.0956. The molecule has 1 N–H and O–H groups in total. The first-order chi connectivity index (χ1) is 10.2. The van der Waals surface area contributed by atoms with E-state index in [1.807, 2.05) is 48.5 Å². The van der Waals surface area contributed by atoms with Gasteiger partial charge in [-0.15, -0.1) is 0 Å². The average Bonchev–Trinajstić information content (AvgIpc) is 3.18. The quantitative estimate of drug-likeness (QED) is 0.736. The molecule has 104 valence electrons. The molecule has 3 aromatic rings. The van der Waals surface area contributed by atoms with E-state index in [0.29, 0.717) is 11.7 Å². The summed E-state index contributed by atoms with van der Waals surface area (Å²) in [5.41, 5.74) is 2.92. The van der Waals surface area contributed by atoms with Crippen molar-refractivity contribution >= 4 is 28.4 Å². The number of hydrogen-bond donors (Lipinski definition) is 1. The fraction of sp³-hybridized carbons (Fsp3) is 0.176. The van der Waals surface area contributed by atoms with Crippen LogP contribution >= 0.6 is 11.6 Å². The first kappa shape index (κ1) is 12.6. The van der Waals surface area contributed by atoms with Gasteiger partial charge in [0.05, 0.1) is 11.0 Å². The molecule has 2 unspecified atom stereocenters. The van der Waals surface area contributed by atoms with Gasteiger partial charge in [-0.05, 0) is 42.2 Å². The topological polar surface area (TPSA) is 45.8 Å². The number of ketones is 1. The van der Waals surface area contributed by atoms with E-state index in [1.54, 1.807) is 0 Å². The monoisotopic (exact) mass is 296 g/mol. The molecule has 0 bridgehead atoms. The molecule has 0 amide bonds. The highest BCUT2D eigenvalue weighted by atomic mass is 35.5. The van der Waals surface area contributed by atoms with E-state index in [4.69, 9.17) is 11.6 Å². The zero-order valence-electron chi connectivity index (χ0n) is 11.2. The number of nitrogens with one attached hydrogen (secondary N) is 1. The second kappa shape index (κ2) is 4.71. The van der Waals surface area contributed by atoms with Crippen molar-refractivity contribution in [2.75, 3.05) is 0 Å². The first-order valence-electron chi connectivity index (χ1n) is 6.97. The number of hydrogen-bond acceptors (Lipinski definition) is 2. The molecule has 1 aliphatic rings. The normalized spacial score (nSPS) is 20.6. The zero-order valence-corrected chi connectivity index (χ0v) is 12.0. The summed E-state index contributed by atoms with van der Waals surface area (Å²) in [6.45, 7) is 0. The number of aromatic nitrogens is 2. The summed E-state index contributed by atoms with van der Waals surface area (Å²) >= 11 is 5.89. The standard InChI is InChI=1S/C17H13ClN2O/c18-11-7-5-10(6-8-11)12-9-13(12)16(21)17-19-14-3-1-2-4-15(14)20-17/h1-8,12-13H,9H2,(H,19,20). The number of benzene rings is 2. The van der Waals surface area contributed by atoms with Crippen molar-refractivity contribution < 1.29 is 4.79 Å². The Kier molecular flexibility index (Phi) is 2.82. The number of aromatic amines is 1. The Labute approximate surface area is 127 Å². The van der Waals surface area contributed by atoms with Crippen LogP contribution in [0.5, 0.6) is 0 Å². The van der Waals surface area contributed by atoms with Crippen molar-refractivity contribution in [2.45, 2.75) is 12.3 Å². The van der Waals surface area contributed by atoms with Gasteiger partial charge in [0.2, 0.25) is 5.78 Å². The van der Waals surface area contributed by atoms with Gasteiger partial charge in [-0.1, -0.05) is 35.9 Å². The average molecular weight is 297 g/mol. The molecule has 0 radical (unpaired) electrons. The molecule has 3 nitrogen and oxygen atoms in total. The van der Waals surface area contributed by atoms with Gasteiger partial charge in [0.15, 0.2) is 5.82 Å². The van der Waals surface area contributed by atoms with E-state index in [2.05, 4.69) is 9.97 Å². The van der Waals surface area contributed by atoms with E-state index in [9.17, 15) is 4.79 Å². The Morgan fingerprint density at radius 2 is 1.90 bits per heavy atom. The molecule has 4 rings (SSSR count). The van der Waals surface area contributed by atoms with Crippen LogP contribution in [-0.2, 0) is 0 Å². The summed E-state index contributed by atoms with van der Waals surface area (Å²) in [5, 5.41) is 0.722. The minimum atomic E-state index is 0.0340. The van der Waals surface area contributed by atoms with Crippen LogP contribution in [0.15, 0.2) is 48.5 Å². The zero-order chi connectivity index (χ0) is 14.4. The van der Waals surface area contributed by atoms with Gasteiger partial charge in [-0.3, -0.25) is 4.79 Å².